The number of hydrogen-bond acceptors (Lipinski definition) is 4. The van der Waals surface area contributed by atoms with Crippen molar-refractivity contribution in [3.05, 3.63) is 29.0 Å². The SMILES string of the molecule is COc1ccc(-n2cnnn2)cc1Br. The Kier molecular flexibility index (Phi) is 2.45. The van der Waals surface area contributed by atoms with Crippen molar-refractivity contribution in [1.29, 1.82) is 0 Å². The second-order valence-electron chi connectivity index (χ2n) is 2.57. The molecule has 2 aromatic rings. The summed E-state index contributed by atoms with van der Waals surface area (Å²) in [6, 6.07) is 5.61. The van der Waals surface area contributed by atoms with Gasteiger partial charge in [0.15, 0.2) is 0 Å². The Morgan fingerprint density at radius 2 is 2.29 bits per heavy atom. The monoisotopic (exact) mass is 254 g/mol. The van der Waals surface area contributed by atoms with Gasteiger partial charge in [-0.1, -0.05) is 0 Å². The lowest BCUT2D eigenvalue weighted by Gasteiger charge is -2.04. The Balaban J connectivity index is 2.43. The standard InChI is InChI=1S/C8H7BrN4O/c1-14-8-3-2-6(4-7(8)9)13-5-10-11-12-13/h2-5H,1H3. The molecule has 0 saturated carbocycles. The van der Waals surface area contributed by atoms with Crippen molar-refractivity contribution in [1.82, 2.24) is 20.2 Å². The largest absolute Gasteiger partial charge is 0.496 e. The molecule has 0 radical (unpaired) electrons. The molecule has 0 amide bonds. The first kappa shape index (κ1) is 9.14. The van der Waals surface area contributed by atoms with Gasteiger partial charge < -0.3 is 4.74 Å². The maximum Gasteiger partial charge on any atom is 0.143 e. The summed E-state index contributed by atoms with van der Waals surface area (Å²) >= 11 is 3.39. The number of nitrogens with zero attached hydrogens (tertiary/aromatic N) is 4. The second-order valence-corrected chi connectivity index (χ2v) is 3.43. The number of aromatic nitrogens is 4. The van der Waals surface area contributed by atoms with Crippen LogP contribution >= 0.6 is 15.9 Å². The molecule has 1 heterocycles. The lowest BCUT2D eigenvalue weighted by Crippen LogP contribution is -1.95. The van der Waals surface area contributed by atoms with E-state index in [1.165, 1.54) is 6.33 Å². The molecule has 0 aliphatic carbocycles. The summed E-state index contributed by atoms with van der Waals surface area (Å²) in [5, 5.41) is 10.9. The van der Waals surface area contributed by atoms with E-state index in [9.17, 15) is 0 Å². The number of halogens is 1. The maximum absolute atomic E-state index is 5.11. The van der Waals surface area contributed by atoms with E-state index in [2.05, 4.69) is 31.5 Å². The topological polar surface area (TPSA) is 52.8 Å². The summed E-state index contributed by atoms with van der Waals surface area (Å²) in [4.78, 5) is 0. The van der Waals surface area contributed by atoms with Crippen LogP contribution in [0.5, 0.6) is 5.75 Å². The van der Waals surface area contributed by atoms with Crippen molar-refractivity contribution in [2.24, 2.45) is 0 Å². The minimum absolute atomic E-state index is 0.779. The zero-order chi connectivity index (χ0) is 9.97. The highest BCUT2D eigenvalue weighted by atomic mass is 79.9. The van der Waals surface area contributed by atoms with Gasteiger partial charge in [-0.15, -0.1) is 5.10 Å². The fraction of sp³-hybridized carbons (Fsp3) is 0.125. The Hall–Kier alpha value is -1.43. The molecule has 14 heavy (non-hydrogen) atoms. The minimum Gasteiger partial charge on any atom is -0.496 e. The van der Waals surface area contributed by atoms with Gasteiger partial charge in [0.05, 0.1) is 17.3 Å². The Bertz CT molecular complexity index is 429. The first-order chi connectivity index (χ1) is 6.81. The van der Waals surface area contributed by atoms with Crippen LogP contribution in [0.25, 0.3) is 5.69 Å². The van der Waals surface area contributed by atoms with Crippen molar-refractivity contribution < 1.29 is 4.74 Å². The van der Waals surface area contributed by atoms with Gasteiger partial charge in [-0.2, -0.15) is 0 Å². The van der Waals surface area contributed by atoms with Crippen LogP contribution in [0.3, 0.4) is 0 Å². The van der Waals surface area contributed by atoms with Crippen LogP contribution in [-0.4, -0.2) is 27.3 Å². The van der Waals surface area contributed by atoms with Crippen LogP contribution in [0.4, 0.5) is 0 Å². The maximum atomic E-state index is 5.11. The molecule has 0 unspecified atom stereocenters. The van der Waals surface area contributed by atoms with Gasteiger partial charge in [0, 0.05) is 0 Å². The Morgan fingerprint density at radius 1 is 1.43 bits per heavy atom. The van der Waals surface area contributed by atoms with E-state index in [-0.39, 0.29) is 0 Å². The third kappa shape index (κ3) is 1.60. The molecule has 0 atom stereocenters. The predicted octanol–water partition coefficient (Wildman–Crippen LogP) is 1.43. The van der Waals surface area contributed by atoms with Gasteiger partial charge in [-0.3, -0.25) is 0 Å². The van der Waals surface area contributed by atoms with E-state index < -0.39 is 0 Å². The van der Waals surface area contributed by atoms with Gasteiger partial charge in [0.2, 0.25) is 0 Å². The van der Waals surface area contributed by atoms with Crippen LogP contribution in [0.15, 0.2) is 29.0 Å². The molecular weight excluding hydrogens is 248 g/mol. The summed E-state index contributed by atoms with van der Waals surface area (Å²) < 4.78 is 7.55. The van der Waals surface area contributed by atoms with E-state index in [0.29, 0.717) is 0 Å². The van der Waals surface area contributed by atoms with E-state index in [0.717, 1.165) is 15.9 Å². The summed E-state index contributed by atoms with van der Waals surface area (Å²) in [5.74, 6) is 0.779. The molecule has 0 spiro atoms. The van der Waals surface area contributed by atoms with Crippen LogP contribution in [0.2, 0.25) is 0 Å². The first-order valence-electron chi connectivity index (χ1n) is 3.88. The molecule has 0 aliphatic rings. The molecule has 0 saturated heterocycles. The average molecular weight is 255 g/mol. The Labute approximate surface area is 88.8 Å². The smallest absolute Gasteiger partial charge is 0.143 e. The molecule has 72 valence electrons. The van der Waals surface area contributed by atoms with E-state index in [1.54, 1.807) is 11.8 Å². The van der Waals surface area contributed by atoms with Crippen molar-refractivity contribution in [3.8, 4) is 11.4 Å². The molecule has 0 aliphatic heterocycles. The molecule has 5 nitrogen and oxygen atoms in total. The fourth-order valence-electron chi connectivity index (χ4n) is 1.08. The molecule has 0 fully saturated rings. The highest BCUT2D eigenvalue weighted by Gasteiger charge is 2.03. The molecule has 2 rings (SSSR count). The number of ether oxygens (including phenoxy) is 1. The first-order valence-corrected chi connectivity index (χ1v) is 4.67. The van der Waals surface area contributed by atoms with Crippen LogP contribution < -0.4 is 4.74 Å². The van der Waals surface area contributed by atoms with Crippen LogP contribution in [0, 0.1) is 0 Å². The fourth-order valence-corrected chi connectivity index (χ4v) is 1.61. The zero-order valence-corrected chi connectivity index (χ0v) is 8.97. The molecule has 0 bridgehead atoms. The third-order valence-electron chi connectivity index (χ3n) is 1.75. The minimum atomic E-state index is 0.779. The van der Waals surface area contributed by atoms with Crippen molar-refractivity contribution in [2.75, 3.05) is 7.11 Å². The zero-order valence-electron chi connectivity index (χ0n) is 7.38. The van der Waals surface area contributed by atoms with Crippen molar-refractivity contribution in [3.63, 3.8) is 0 Å². The van der Waals surface area contributed by atoms with Crippen molar-refractivity contribution >= 4 is 15.9 Å². The summed E-state index contributed by atoms with van der Waals surface area (Å²) in [7, 11) is 1.62. The van der Waals surface area contributed by atoms with Crippen molar-refractivity contribution in [2.45, 2.75) is 0 Å². The summed E-state index contributed by atoms with van der Waals surface area (Å²) in [6.07, 6.45) is 1.54. The lowest BCUT2D eigenvalue weighted by atomic mass is 10.3. The molecule has 1 aromatic carbocycles. The van der Waals surface area contributed by atoms with E-state index in [1.807, 2.05) is 18.2 Å². The summed E-state index contributed by atoms with van der Waals surface area (Å²) in [6.45, 7) is 0. The van der Waals surface area contributed by atoms with Gasteiger partial charge in [-0.25, -0.2) is 4.68 Å². The lowest BCUT2D eigenvalue weighted by molar-refractivity contribution is 0.412. The van der Waals surface area contributed by atoms with Gasteiger partial charge in [-0.05, 0) is 44.6 Å². The van der Waals surface area contributed by atoms with Gasteiger partial charge in [0.1, 0.15) is 12.1 Å². The van der Waals surface area contributed by atoms with Gasteiger partial charge in [0.25, 0.3) is 0 Å². The number of tetrazole rings is 1. The molecule has 1 aromatic heterocycles. The highest BCUT2D eigenvalue weighted by molar-refractivity contribution is 9.10. The number of rotatable bonds is 2. The molecule has 6 heteroatoms. The summed E-state index contributed by atoms with van der Waals surface area (Å²) in [5.41, 5.74) is 0.877. The van der Waals surface area contributed by atoms with E-state index >= 15 is 0 Å². The Morgan fingerprint density at radius 3 is 2.86 bits per heavy atom. The number of benzene rings is 1. The van der Waals surface area contributed by atoms with Crippen LogP contribution in [-0.2, 0) is 0 Å². The van der Waals surface area contributed by atoms with Gasteiger partial charge >= 0.3 is 0 Å². The predicted molar refractivity (Wildman–Crippen MR) is 53.4 cm³/mol. The quantitative estimate of drug-likeness (QED) is 0.814. The number of hydrogen-bond donors (Lipinski definition) is 0. The highest BCUT2D eigenvalue weighted by Crippen LogP contribution is 2.26. The van der Waals surface area contributed by atoms with Crippen LogP contribution in [0.1, 0.15) is 0 Å². The third-order valence-corrected chi connectivity index (χ3v) is 2.37. The van der Waals surface area contributed by atoms with E-state index in [4.69, 9.17) is 4.74 Å². The number of methoxy groups -OCH3 is 1. The normalized spacial score (nSPS) is 10.1. The second kappa shape index (κ2) is 3.75. The average Bonchev–Trinajstić information content (AvgIpc) is 2.70. The molecular formula is C8H7BrN4O. The molecule has 0 N–H and O–H groups in total.